The van der Waals surface area contributed by atoms with E-state index in [-0.39, 0.29) is 11.9 Å². The molecule has 240 valence electrons. The summed E-state index contributed by atoms with van der Waals surface area (Å²) in [5.74, 6) is 1.34. The second kappa shape index (κ2) is 13.1. The SMILES string of the molecule is CN1CCN(C(=O)c2ccc(NC(=O)Nc3ccc(-c4nc(N5CCOCC5)c5ncc(-c6cnn(C)c6)cc5n4)cc3)cc2)CC1. The van der Waals surface area contributed by atoms with Gasteiger partial charge in [-0.1, -0.05) is 0 Å². The number of urea groups is 1. The Labute approximate surface area is 272 Å². The zero-order valence-corrected chi connectivity index (χ0v) is 26.4. The van der Waals surface area contributed by atoms with Crippen LogP contribution in [0.15, 0.2) is 73.2 Å². The van der Waals surface area contributed by atoms with E-state index < -0.39 is 0 Å². The van der Waals surface area contributed by atoms with Crippen LogP contribution in [0.2, 0.25) is 0 Å². The predicted octanol–water partition coefficient (Wildman–Crippen LogP) is 3.96. The standard InChI is InChI=1S/C34H36N10O3/c1-41-11-13-44(14-12-41)33(45)24-5-9-28(10-6-24)38-34(46)37-27-7-3-23(4-8-27)31-39-29-19-25(26-21-36-42(2)22-26)20-35-30(29)32(40-31)43-15-17-47-18-16-43/h3-10,19-22H,11-18H2,1-2H3,(H2,37,38,46). The van der Waals surface area contributed by atoms with Crippen LogP contribution in [0.5, 0.6) is 0 Å². The zero-order chi connectivity index (χ0) is 32.3. The van der Waals surface area contributed by atoms with Crippen molar-refractivity contribution in [2.24, 2.45) is 7.05 Å². The first kappa shape index (κ1) is 30.3. The minimum atomic E-state index is -0.388. The number of piperazine rings is 1. The van der Waals surface area contributed by atoms with Crippen molar-refractivity contribution in [3.05, 3.63) is 78.8 Å². The third-order valence-electron chi connectivity index (χ3n) is 8.45. The molecule has 7 rings (SSSR count). The number of anilines is 3. The van der Waals surface area contributed by atoms with E-state index in [1.54, 1.807) is 35.1 Å². The summed E-state index contributed by atoms with van der Waals surface area (Å²) < 4.78 is 7.34. The van der Waals surface area contributed by atoms with Crippen LogP contribution in [-0.2, 0) is 11.8 Å². The molecule has 13 nitrogen and oxygen atoms in total. The van der Waals surface area contributed by atoms with Crippen LogP contribution in [0.4, 0.5) is 22.0 Å². The van der Waals surface area contributed by atoms with Gasteiger partial charge < -0.3 is 30.1 Å². The molecule has 0 saturated carbocycles. The van der Waals surface area contributed by atoms with Crippen molar-refractivity contribution in [3.63, 3.8) is 0 Å². The predicted molar refractivity (Wildman–Crippen MR) is 180 cm³/mol. The highest BCUT2D eigenvalue weighted by atomic mass is 16.5. The van der Waals surface area contributed by atoms with Gasteiger partial charge >= 0.3 is 6.03 Å². The maximum absolute atomic E-state index is 12.8. The molecular weight excluding hydrogens is 596 g/mol. The van der Waals surface area contributed by atoms with Gasteiger partial charge in [0, 0.05) is 92.3 Å². The maximum Gasteiger partial charge on any atom is 0.323 e. The number of morpholine rings is 1. The first-order valence-electron chi connectivity index (χ1n) is 15.7. The Morgan fingerprint density at radius 2 is 1.45 bits per heavy atom. The van der Waals surface area contributed by atoms with Crippen molar-refractivity contribution in [1.29, 1.82) is 0 Å². The summed E-state index contributed by atoms with van der Waals surface area (Å²) in [4.78, 5) is 46.5. The quantitative estimate of drug-likeness (QED) is 0.285. The number of nitrogens with one attached hydrogen (secondary N) is 2. The number of hydrogen-bond donors (Lipinski definition) is 2. The van der Waals surface area contributed by atoms with Gasteiger partial charge in [-0.05, 0) is 61.6 Å². The number of ether oxygens (including phenoxy) is 1. The van der Waals surface area contributed by atoms with E-state index in [1.807, 2.05) is 54.7 Å². The smallest absolute Gasteiger partial charge is 0.323 e. The minimum Gasteiger partial charge on any atom is -0.378 e. The van der Waals surface area contributed by atoms with Crippen LogP contribution >= 0.6 is 0 Å². The van der Waals surface area contributed by atoms with Crippen molar-refractivity contribution < 1.29 is 14.3 Å². The molecule has 2 saturated heterocycles. The molecule has 0 radical (unpaired) electrons. The van der Waals surface area contributed by atoms with Gasteiger partial charge in [-0.2, -0.15) is 5.10 Å². The fraction of sp³-hybridized carbons (Fsp3) is 0.294. The Balaban J connectivity index is 1.06. The van der Waals surface area contributed by atoms with Crippen LogP contribution in [0, 0.1) is 0 Å². The van der Waals surface area contributed by atoms with Gasteiger partial charge in [0.15, 0.2) is 11.6 Å². The number of nitrogens with zero attached hydrogens (tertiary/aromatic N) is 8. The highest BCUT2D eigenvalue weighted by molar-refractivity contribution is 6.00. The summed E-state index contributed by atoms with van der Waals surface area (Å²) in [6, 6.07) is 16.0. The number of likely N-dealkylation sites (N-methyl/N-ethyl adjacent to an activating group) is 1. The Morgan fingerprint density at radius 3 is 2.11 bits per heavy atom. The van der Waals surface area contributed by atoms with Gasteiger partial charge in [0.2, 0.25) is 0 Å². The Kier molecular flexibility index (Phi) is 8.46. The molecule has 0 aliphatic carbocycles. The molecule has 2 N–H and O–H groups in total. The van der Waals surface area contributed by atoms with Gasteiger partial charge in [-0.15, -0.1) is 0 Å². The van der Waals surface area contributed by atoms with Gasteiger partial charge in [0.05, 0.1) is 24.9 Å². The second-order valence-corrected chi connectivity index (χ2v) is 11.8. The molecule has 5 aromatic rings. The third kappa shape index (κ3) is 6.76. The number of fused-ring (bicyclic) bond motifs is 1. The largest absolute Gasteiger partial charge is 0.378 e. The molecule has 3 amide bonds. The van der Waals surface area contributed by atoms with E-state index in [4.69, 9.17) is 19.7 Å². The first-order valence-corrected chi connectivity index (χ1v) is 15.7. The molecule has 0 unspecified atom stereocenters. The number of aryl methyl sites for hydroxylation is 1. The number of hydrogen-bond acceptors (Lipinski definition) is 9. The Morgan fingerprint density at radius 1 is 0.766 bits per heavy atom. The highest BCUT2D eigenvalue weighted by Crippen LogP contribution is 2.30. The van der Waals surface area contributed by atoms with E-state index >= 15 is 0 Å². The summed E-state index contributed by atoms with van der Waals surface area (Å²) in [6.07, 6.45) is 5.59. The lowest BCUT2D eigenvalue weighted by Gasteiger charge is -2.32. The lowest BCUT2D eigenvalue weighted by molar-refractivity contribution is 0.0664. The molecule has 2 fully saturated rings. The summed E-state index contributed by atoms with van der Waals surface area (Å²) in [5, 5.41) is 10.0. The van der Waals surface area contributed by atoms with Crippen molar-refractivity contribution in [2.45, 2.75) is 0 Å². The number of aromatic nitrogens is 5. The molecule has 0 atom stereocenters. The van der Waals surface area contributed by atoms with Crippen molar-refractivity contribution in [2.75, 3.05) is 75.1 Å². The summed E-state index contributed by atoms with van der Waals surface area (Å²) >= 11 is 0. The Hall–Kier alpha value is -5.40. The van der Waals surface area contributed by atoms with Gasteiger partial charge in [-0.25, -0.2) is 14.8 Å². The monoisotopic (exact) mass is 632 g/mol. The van der Waals surface area contributed by atoms with E-state index in [0.29, 0.717) is 62.2 Å². The van der Waals surface area contributed by atoms with Crippen LogP contribution in [-0.4, -0.2) is 106 Å². The van der Waals surface area contributed by atoms with Crippen molar-refractivity contribution in [3.8, 4) is 22.5 Å². The van der Waals surface area contributed by atoms with Crippen LogP contribution in [0.25, 0.3) is 33.5 Å². The van der Waals surface area contributed by atoms with Gasteiger partial charge in [0.1, 0.15) is 5.52 Å². The van der Waals surface area contributed by atoms with Crippen LogP contribution in [0.3, 0.4) is 0 Å². The summed E-state index contributed by atoms with van der Waals surface area (Å²) in [6.45, 7) is 5.82. The fourth-order valence-electron chi connectivity index (χ4n) is 5.74. The summed E-state index contributed by atoms with van der Waals surface area (Å²) in [7, 11) is 3.94. The number of amides is 3. The molecule has 2 aliphatic heterocycles. The molecular formula is C34H36N10O3. The van der Waals surface area contributed by atoms with Crippen LogP contribution < -0.4 is 15.5 Å². The fourth-order valence-corrected chi connectivity index (χ4v) is 5.74. The number of carbonyl (C=O) groups is 2. The van der Waals surface area contributed by atoms with E-state index in [1.165, 1.54) is 0 Å². The third-order valence-corrected chi connectivity index (χ3v) is 8.45. The number of carbonyl (C=O) groups excluding carboxylic acids is 2. The molecule has 0 bridgehead atoms. The lowest BCUT2D eigenvalue weighted by atomic mass is 10.1. The molecule has 2 aliphatic rings. The number of benzene rings is 2. The summed E-state index contributed by atoms with van der Waals surface area (Å²) in [5.41, 5.74) is 5.96. The van der Waals surface area contributed by atoms with Gasteiger partial charge in [0.25, 0.3) is 5.91 Å². The molecule has 3 aromatic heterocycles. The average Bonchev–Trinajstić information content (AvgIpc) is 3.54. The average molecular weight is 633 g/mol. The van der Waals surface area contributed by atoms with Gasteiger partial charge in [-0.3, -0.25) is 14.5 Å². The second-order valence-electron chi connectivity index (χ2n) is 11.8. The van der Waals surface area contributed by atoms with Crippen LogP contribution in [0.1, 0.15) is 10.4 Å². The normalized spacial score (nSPS) is 15.5. The van der Waals surface area contributed by atoms with Crippen molar-refractivity contribution >= 4 is 40.2 Å². The zero-order valence-electron chi connectivity index (χ0n) is 26.4. The lowest BCUT2D eigenvalue weighted by Crippen LogP contribution is -2.47. The van der Waals surface area contributed by atoms with Crippen molar-refractivity contribution in [1.82, 2.24) is 34.5 Å². The molecule has 0 spiro atoms. The minimum absolute atomic E-state index is 0.00634. The molecule has 47 heavy (non-hydrogen) atoms. The number of pyridine rings is 1. The van der Waals surface area contributed by atoms with E-state index in [2.05, 4.69) is 32.6 Å². The topological polar surface area (TPSA) is 134 Å². The molecule has 13 heteroatoms. The number of rotatable bonds is 6. The first-order chi connectivity index (χ1) is 22.9. The maximum atomic E-state index is 12.8. The van der Waals surface area contributed by atoms with E-state index in [0.717, 1.165) is 46.6 Å². The molecule has 2 aromatic carbocycles. The van der Waals surface area contributed by atoms with E-state index in [9.17, 15) is 9.59 Å². The Bertz CT molecular complexity index is 1890. The highest BCUT2D eigenvalue weighted by Gasteiger charge is 2.21. The molecule has 5 heterocycles.